The number of rotatable bonds is 2. The molecule has 2 fully saturated rings. The topological polar surface area (TPSA) is 38.7 Å². The summed E-state index contributed by atoms with van der Waals surface area (Å²) in [5.74, 6) is 0.274. The van der Waals surface area contributed by atoms with Crippen LogP contribution in [0.25, 0.3) is 0 Å². The van der Waals surface area contributed by atoms with Crippen molar-refractivity contribution in [3.63, 3.8) is 0 Å². The van der Waals surface area contributed by atoms with Gasteiger partial charge in [0.05, 0.1) is 11.7 Å². The summed E-state index contributed by atoms with van der Waals surface area (Å²) in [7, 11) is 0. The van der Waals surface area contributed by atoms with E-state index in [1.54, 1.807) is 0 Å². The zero-order valence-electron chi connectivity index (χ0n) is 11.6. The number of hydrogen-bond donors (Lipinski definition) is 1. The van der Waals surface area contributed by atoms with Crippen LogP contribution in [0.1, 0.15) is 37.4 Å². The molecule has 20 heavy (non-hydrogen) atoms. The normalized spacial score (nSPS) is 27.4. The highest BCUT2D eigenvalue weighted by atomic mass is 79.9. The molecule has 3 rings (SSSR count). The molecular weight excluding hydrogens is 320 g/mol. The molecule has 2 unspecified atom stereocenters. The van der Waals surface area contributed by atoms with Crippen LogP contribution in [-0.4, -0.2) is 30.5 Å². The fraction of sp³-hybridized carbons (Fsp3) is 0.625. The van der Waals surface area contributed by atoms with Crippen molar-refractivity contribution in [1.29, 1.82) is 0 Å². The van der Waals surface area contributed by atoms with Crippen LogP contribution in [0.5, 0.6) is 0 Å². The average Bonchev–Trinajstić information content (AvgIpc) is 2.47. The Morgan fingerprint density at radius 2 is 2.05 bits per heavy atom. The minimum atomic E-state index is -0.406. The summed E-state index contributed by atoms with van der Waals surface area (Å²) in [4.78, 5) is 0. The minimum absolute atomic E-state index is 0.0614. The van der Waals surface area contributed by atoms with Crippen LogP contribution in [0.3, 0.4) is 0 Å². The van der Waals surface area contributed by atoms with E-state index < -0.39 is 6.10 Å². The van der Waals surface area contributed by atoms with Crippen LogP contribution in [0.2, 0.25) is 0 Å². The van der Waals surface area contributed by atoms with Crippen molar-refractivity contribution in [2.75, 3.05) is 19.8 Å². The lowest BCUT2D eigenvalue weighted by molar-refractivity contribution is -0.159. The summed E-state index contributed by atoms with van der Waals surface area (Å²) in [6.07, 6.45) is 3.36. The second-order valence-corrected chi connectivity index (χ2v) is 6.81. The first-order valence-electron chi connectivity index (χ1n) is 7.34. The van der Waals surface area contributed by atoms with E-state index in [0.29, 0.717) is 0 Å². The summed E-state index contributed by atoms with van der Waals surface area (Å²) >= 11 is 3.47. The predicted octanol–water partition coefficient (Wildman–Crippen LogP) is 3.46. The van der Waals surface area contributed by atoms with Gasteiger partial charge in [-0.2, -0.15) is 0 Å². The monoisotopic (exact) mass is 340 g/mol. The fourth-order valence-corrected chi connectivity index (χ4v) is 3.81. The number of aliphatic hydroxyl groups excluding tert-OH is 1. The minimum Gasteiger partial charge on any atom is -0.388 e. The van der Waals surface area contributed by atoms with Crippen molar-refractivity contribution >= 4 is 15.9 Å². The van der Waals surface area contributed by atoms with Crippen LogP contribution < -0.4 is 0 Å². The third-order valence-electron chi connectivity index (χ3n) is 4.57. The Balaban J connectivity index is 1.73. The Hall–Kier alpha value is -0.420. The fourth-order valence-electron chi connectivity index (χ4n) is 3.39. The van der Waals surface area contributed by atoms with Gasteiger partial charge in [-0.3, -0.25) is 0 Å². The highest BCUT2D eigenvalue weighted by Crippen LogP contribution is 2.41. The van der Waals surface area contributed by atoms with Crippen molar-refractivity contribution < 1.29 is 14.6 Å². The summed E-state index contributed by atoms with van der Waals surface area (Å²) in [6, 6.07) is 7.98. The van der Waals surface area contributed by atoms with Crippen LogP contribution in [0.4, 0.5) is 0 Å². The molecule has 0 aromatic heterocycles. The van der Waals surface area contributed by atoms with Gasteiger partial charge in [-0.1, -0.05) is 28.1 Å². The maximum Gasteiger partial charge on any atom is 0.0820 e. The van der Waals surface area contributed by atoms with Gasteiger partial charge >= 0.3 is 0 Å². The third-order valence-corrected chi connectivity index (χ3v) is 5.07. The Labute approximate surface area is 128 Å². The molecule has 0 aliphatic carbocycles. The van der Waals surface area contributed by atoms with Gasteiger partial charge in [-0.25, -0.2) is 0 Å². The summed E-state index contributed by atoms with van der Waals surface area (Å²) in [5.41, 5.74) is 0.933. The summed E-state index contributed by atoms with van der Waals surface area (Å²) in [5, 5.41) is 10.7. The highest BCUT2D eigenvalue weighted by Gasteiger charge is 2.41. The van der Waals surface area contributed by atoms with Gasteiger partial charge in [0.15, 0.2) is 0 Å². The molecule has 2 aliphatic rings. The SMILES string of the molecule is OC(c1cccc(Br)c1)C1CCOC2(CCOCC2)C1. The molecule has 1 N–H and O–H groups in total. The van der Waals surface area contributed by atoms with E-state index in [2.05, 4.69) is 15.9 Å². The van der Waals surface area contributed by atoms with Crippen LogP contribution >= 0.6 is 15.9 Å². The van der Waals surface area contributed by atoms with Gasteiger partial charge in [0, 0.05) is 24.3 Å². The molecule has 2 atom stereocenters. The van der Waals surface area contributed by atoms with Gasteiger partial charge in [0.2, 0.25) is 0 Å². The maximum atomic E-state index is 10.7. The molecular formula is C16H21BrO3. The van der Waals surface area contributed by atoms with Crippen molar-refractivity contribution in [1.82, 2.24) is 0 Å². The molecule has 110 valence electrons. The molecule has 2 heterocycles. The molecule has 0 radical (unpaired) electrons. The summed E-state index contributed by atoms with van der Waals surface area (Å²) in [6.45, 7) is 2.30. The van der Waals surface area contributed by atoms with Crippen LogP contribution in [0.15, 0.2) is 28.7 Å². The Morgan fingerprint density at radius 3 is 2.80 bits per heavy atom. The lowest BCUT2D eigenvalue weighted by Crippen LogP contribution is -2.45. The second kappa shape index (κ2) is 6.14. The molecule has 3 nitrogen and oxygen atoms in total. The zero-order valence-corrected chi connectivity index (χ0v) is 13.1. The van der Waals surface area contributed by atoms with Crippen molar-refractivity contribution in [2.45, 2.75) is 37.4 Å². The smallest absolute Gasteiger partial charge is 0.0820 e. The van der Waals surface area contributed by atoms with E-state index >= 15 is 0 Å². The standard InChI is InChI=1S/C16H21BrO3/c17-14-3-1-2-12(10-14)15(18)13-4-7-20-16(11-13)5-8-19-9-6-16/h1-3,10,13,15,18H,4-9,11H2. The number of halogens is 1. The molecule has 1 aromatic carbocycles. The molecule has 2 saturated heterocycles. The lowest BCUT2D eigenvalue weighted by atomic mass is 9.77. The van der Waals surface area contributed by atoms with Gasteiger partial charge < -0.3 is 14.6 Å². The lowest BCUT2D eigenvalue weighted by Gasteiger charge is -2.44. The van der Waals surface area contributed by atoms with E-state index in [-0.39, 0.29) is 11.5 Å². The van der Waals surface area contributed by atoms with Gasteiger partial charge in [-0.05, 0) is 49.3 Å². The second-order valence-electron chi connectivity index (χ2n) is 5.90. The molecule has 0 amide bonds. The van der Waals surface area contributed by atoms with Crippen molar-refractivity contribution in [3.8, 4) is 0 Å². The molecule has 1 spiro atoms. The van der Waals surface area contributed by atoms with E-state index in [1.165, 1.54) is 0 Å². The zero-order chi connectivity index (χ0) is 14.0. The number of aliphatic hydroxyl groups is 1. The van der Waals surface area contributed by atoms with Gasteiger partial charge in [-0.15, -0.1) is 0 Å². The highest BCUT2D eigenvalue weighted by molar-refractivity contribution is 9.10. The Kier molecular flexibility index (Phi) is 4.46. The molecule has 4 heteroatoms. The van der Waals surface area contributed by atoms with E-state index in [4.69, 9.17) is 9.47 Å². The van der Waals surface area contributed by atoms with Crippen molar-refractivity contribution in [3.05, 3.63) is 34.3 Å². The predicted molar refractivity (Wildman–Crippen MR) is 80.6 cm³/mol. The number of benzene rings is 1. The first-order chi connectivity index (χ1) is 9.69. The van der Waals surface area contributed by atoms with Gasteiger partial charge in [0.1, 0.15) is 0 Å². The first kappa shape index (κ1) is 14.5. The number of ether oxygens (including phenoxy) is 2. The molecule has 0 saturated carbocycles. The molecule has 0 bridgehead atoms. The van der Waals surface area contributed by atoms with Gasteiger partial charge in [0.25, 0.3) is 0 Å². The third kappa shape index (κ3) is 3.08. The average molecular weight is 341 g/mol. The van der Waals surface area contributed by atoms with E-state index in [1.807, 2.05) is 24.3 Å². The van der Waals surface area contributed by atoms with Crippen molar-refractivity contribution in [2.24, 2.45) is 5.92 Å². The largest absolute Gasteiger partial charge is 0.388 e. The first-order valence-corrected chi connectivity index (χ1v) is 8.13. The number of hydrogen-bond acceptors (Lipinski definition) is 3. The van der Waals surface area contributed by atoms with E-state index in [0.717, 1.165) is 55.5 Å². The summed E-state index contributed by atoms with van der Waals surface area (Å²) < 4.78 is 12.5. The Morgan fingerprint density at radius 1 is 1.25 bits per heavy atom. The quantitative estimate of drug-likeness (QED) is 0.895. The Bertz CT molecular complexity index is 451. The van der Waals surface area contributed by atoms with Crippen LogP contribution in [-0.2, 0) is 9.47 Å². The molecule has 2 aliphatic heterocycles. The molecule has 1 aromatic rings. The van der Waals surface area contributed by atoms with Crippen LogP contribution in [0, 0.1) is 5.92 Å². The van der Waals surface area contributed by atoms with E-state index in [9.17, 15) is 5.11 Å². The maximum absolute atomic E-state index is 10.7.